The number of amides is 1. The van der Waals surface area contributed by atoms with Gasteiger partial charge in [-0.2, -0.15) is 0 Å². The van der Waals surface area contributed by atoms with Gasteiger partial charge < -0.3 is 15.3 Å². The van der Waals surface area contributed by atoms with E-state index in [4.69, 9.17) is 5.21 Å². The molecule has 0 aliphatic rings. The van der Waals surface area contributed by atoms with Crippen LogP contribution in [-0.2, 0) is 0 Å². The number of H-pyrrole nitrogens is 1. The number of benzene rings is 1. The van der Waals surface area contributed by atoms with Gasteiger partial charge in [0.2, 0.25) is 0 Å². The number of nitrogens with zero attached hydrogens (tertiary/aromatic N) is 1. The molecule has 2 rings (SSSR count). The van der Waals surface area contributed by atoms with E-state index in [2.05, 4.69) is 20.9 Å². The van der Waals surface area contributed by atoms with E-state index >= 15 is 0 Å². The number of hydrogen-bond acceptors (Lipinski definition) is 3. The largest absolute Gasteiger partial charge is 0.465 e. The zero-order valence-electron chi connectivity index (χ0n) is 9.35. The van der Waals surface area contributed by atoms with Gasteiger partial charge in [-0.15, -0.1) is 0 Å². The first kappa shape index (κ1) is 12.9. The van der Waals surface area contributed by atoms with Crippen LogP contribution in [0, 0.1) is 0 Å². The Labute approximate surface area is 111 Å². The Hall–Kier alpha value is -1.57. The third-order valence-electron chi connectivity index (χ3n) is 2.61. The second kappa shape index (κ2) is 5.38. The summed E-state index contributed by atoms with van der Waals surface area (Å²) >= 11 is 3.40. The van der Waals surface area contributed by atoms with Crippen molar-refractivity contribution in [2.45, 2.75) is 0 Å². The SMILES string of the molecule is O=C(O)N(CCNO)c1c[nH]c2c(Br)cccc12. The quantitative estimate of drug-likeness (QED) is 0.653. The van der Waals surface area contributed by atoms with Gasteiger partial charge in [0, 0.05) is 29.1 Å². The predicted molar refractivity (Wildman–Crippen MR) is 71.2 cm³/mol. The van der Waals surface area contributed by atoms with Gasteiger partial charge in [0.1, 0.15) is 0 Å². The number of aromatic nitrogens is 1. The molecule has 0 saturated carbocycles. The highest BCUT2D eigenvalue weighted by molar-refractivity contribution is 9.10. The average Bonchev–Trinajstić information content (AvgIpc) is 2.75. The molecule has 2 aromatic rings. The molecule has 1 amide bonds. The third-order valence-corrected chi connectivity index (χ3v) is 3.27. The summed E-state index contributed by atoms with van der Waals surface area (Å²) < 4.78 is 0.872. The lowest BCUT2D eigenvalue weighted by Crippen LogP contribution is -2.35. The fraction of sp³-hybridized carbons (Fsp3) is 0.182. The van der Waals surface area contributed by atoms with Gasteiger partial charge in [-0.3, -0.25) is 4.90 Å². The number of halogens is 1. The van der Waals surface area contributed by atoms with Gasteiger partial charge in [0.05, 0.1) is 11.2 Å². The van der Waals surface area contributed by atoms with Crippen molar-refractivity contribution < 1.29 is 15.1 Å². The maximum absolute atomic E-state index is 11.2. The van der Waals surface area contributed by atoms with Crippen molar-refractivity contribution in [3.63, 3.8) is 0 Å². The Morgan fingerprint density at radius 2 is 2.28 bits per heavy atom. The highest BCUT2D eigenvalue weighted by Gasteiger charge is 2.18. The van der Waals surface area contributed by atoms with Crippen molar-refractivity contribution >= 4 is 38.6 Å². The van der Waals surface area contributed by atoms with Gasteiger partial charge in [0.25, 0.3) is 0 Å². The lowest BCUT2D eigenvalue weighted by atomic mass is 10.2. The molecule has 6 nitrogen and oxygen atoms in total. The summed E-state index contributed by atoms with van der Waals surface area (Å²) in [5.41, 5.74) is 3.36. The Bertz CT molecular complexity index is 570. The monoisotopic (exact) mass is 313 g/mol. The molecule has 0 atom stereocenters. The predicted octanol–water partition coefficient (Wildman–Crippen LogP) is 2.39. The molecular weight excluding hydrogens is 302 g/mol. The van der Waals surface area contributed by atoms with Crippen LogP contribution in [-0.4, -0.2) is 34.5 Å². The number of rotatable bonds is 4. The van der Waals surface area contributed by atoms with Gasteiger partial charge in [-0.05, 0) is 22.0 Å². The molecule has 1 aromatic heterocycles. The highest BCUT2D eigenvalue weighted by Crippen LogP contribution is 2.31. The third kappa shape index (κ3) is 2.33. The van der Waals surface area contributed by atoms with E-state index in [1.807, 2.05) is 23.7 Å². The van der Waals surface area contributed by atoms with Gasteiger partial charge >= 0.3 is 6.09 Å². The topological polar surface area (TPSA) is 88.6 Å². The number of aromatic amines is 1. The minimum Gasteiger partial charge on any atom is -0.465 e. The fourth-order valence-corrected chi connectivity index (χ4v) is 2.29. The van der Waals surface area contributed by atoms with Crippen LogP contribution in [0.25, 0.3) is 10.9 Å². The zero-order chi connectivity index (χ0) is 13.1. The summed E-state index contributed by atoms with van der Waals surface area (Å²) in [6.45, 7) is 0.318. The molecule has 96 valence electrons. The van der Waals surface area contributed by atoms with Crippen LogP contribution >= 0.6 is 15.9 Å². The van der Waals surface area contributed by atoms with E-state index < -0.39 is 6.09 Å². The highest BCUT2D eigenvalue weighted by atomic mass is 79.9. The maximum atomic E-state index is 11.2. The first-order chi connectivity index (χ1) is 8.65. The Balaban J connectivity index is 2.44. The Kier molecular flexibility index (Phi) is 3.85. The molecule has 7 heteroatoms. The summed E-state index contributed by atoms with van der Waals surface area (Å²) in [5.74, 6) is 0. The van der Waals surface area contributed by atoms with E-state index in [9.17, 15) is 9.90 Å². The molecule has 0 aliphatic carbocycles. The standard InChI is InChI=1S/C11H12BrN3O3/c12-8-3-1-2-7-9(6-13-10(7)8)15(11(16)17)5-4-14-18/h1-3,6,13-14,18H,4-5H2,(H,16,17). The van der Waals surface area contributed by atoms with Crippen LogP contribution in [0.4, 0.5) is 10.5 Å². The van der Waals surface area contributed by atoms with Gasteiger partial charge in [-0.1, -0.05) is 12.1 Å². The number of anilines is 1. The second-order valence-corrected chi connectivity index (χ2v) is 4.53. The van der Waals surface area contributed by atoms with E-state index in [1.165, 1.54) is 4.90 Å². The maximum Gasteiger partial charge on any atom is 0.411 e. The number of hydrogen-bond donors (Lipinski definition) is 4. The normalized spacial score (nSPS) is 10.8. The first-order valence-electron chi connectivity index (χ1n) is 5.28. The molecule has 0 spiro atoms. The zero-order valence-corrected chi connectivity index (χ0v) is 10.9. The minimum atomic E-state index is -1.06. The van der Waals surface area contributed by atoms with Crippen molar-refractivity contribution in [3.05, 3.63) is 28.9 Å². The van der Waals surface area contributed by atoms with Crippen molar-refractivity contribution in [3.8, 4) is 0 Å². The minimum absolute atomic E-state index is 0.158. The van der Waals surface area contributed by atoms with E-state index in [0.29, 0.717) is 5.69 Å². The molecule has 0 saturated heterocycles. The molecule has 0 unspecified atom stereocenters. The number of nitrogens with one attached hydrogen (secondary N) is 2. The van der Waals surface area contributed by atoms with Gasteiger partial charge in [0.15, 0.2) is 0 Å². The fourth-order valence-electron chi connectivity index (χ4n) is 1.81. The van der Waals surface area contributed by atoms with Crippen molar-refractivity contribution in [1.82, 2.24) is 10.5 Å². The number of fused-ring (bicyclic) bond motifs is 1. The van der Waals surface area contributed by atoms with E-state index in [1.54, 1.807) is 6.20 Å². The number of hydroxylamine groups is 1. The van der Waals surface area contributed by atoms with E-state index in [-0.39, 0.29) is 13.1 Å². The van der Waals surface area contributed by atoms with Crippen LogP contribution in [0.2, 0.25) is 0 Å². The summed E-state index contributed by atoms with van der Waals surface area (Å²) in [5, 5.41) is 18.6. The van der Waals surface area contributed by atoms with E-state index in [0.717, 1.165) is 15.4 Å². The molecule has 1 aromatic carbocycles. The van der Waals surface area contributed by atoms with Crippen LogP contribution < -0.4 is 10.4 Å². The molecule has 0 radical (unpaired) electrons. The Morgan fingerprint density at radius 3 is 2.94 bits per heavy atom. The van der Waals surface area contributed by atoms with Crippen molar-refractivity contribution in [2.75, 3.05) is 18.0 Å². The molecule has 1 heterocycles. The molecule has 4 N–H and O–H groups in total. The molecule has 0 aliphatic heterocycles. The molecular formula is C11H12BrN3O3. The first-order valence-corrected chi connectivity index (χ1v) is 6.07. The number of carboxylic acid groups (broad SMARTS) is 1. The lowest BCUT2D eigenvalue weighted by molar-refractivity contribution is 0.167. The molecule has 0 bridgehead atoms. The van der Waals surface area contributed by atoms with Crippen LogP contribution in [0.1, 0.15) is 0 Å². The number of carbonyl (C=O) groups is 1. The van der Waals surface area contributed by atoms with Crippen LogP contribution in [0.15, 0.2) is 28.9 Å². The summed E-state index contributed by atoms with van der Waals surface area (Å²) in [6.07, 6.45) is 0.576. The van der Waals surface area contributed by atoms with Crippen LogP contribution in [0.5, 0.6) is 0 Å². The van der Waals surface area contributed by atoms with Gasteiger partial charge in [-0.25, -0.2) is 10.3 Å². The molecule has 0 fully saturated rings. The summed E-state index contributed by atoms with van der Waals surface area (Å²) in [6, 6.07) is 5.56. The summed E-state index contributed by atoms with van der Waals surface area (Å²) in [4.78, 5) is 15.4. The number of para-hydroxylation sites is 1. The Morgan fingerprint density at radius 1 is 1.50 bits per heavy atom. The smallest absolute Gasteiger partial charge is 0.411 e. The van der Waals surface area contributed by atoms with Crippen molar-refractivity contribution in [1.29, 1.82) is 0 Å². The van der Waals surface area contributed by atoms with Crippen LogP contribution in [0.3, 0.4) is 0 Å². The second-order valence-electron chi connectivity index (χ2n) is 3.68. The summed E-state index contributed by atoms with van der Waals surface area (Å²) in [7, 11) is 0. The molecule has 18 heavy (non-hydrogen) atoms. The lowest BCUT2D eigenvalue weighted by Gasteiger charge is -2.17. The average molecular weight is 314 g/mol. The van der Waals surface area contributed by atoms with Crippen molar-refractivity contribution in [2.24, 2.45) is 0 Å².